The number of rotatable bonds is 22. The molecule has 0 aliphatic carbocycles. The lowest BCUT2D eigenvalue weighted by molar-refractivity contribution is -0.143. The van der Waals surface area contributed by atoms with Crippen LogP contribution >= 0.6 is 0 Å². The summed E-state index contributed by atoms with van der Waals surface area (Å²) in [4.78, 5) is 101. The number of aromatic nitrogens is 2. The van der Waals surface area contributed by atoms with Gasteiger partial charge in [-0.25, -0.2) is 9.78 Å². The van der Waals surface area contributed by atoms with Gasteiger partial charge in [-0.05, 0) is 56.0 Å². The van der Waals surface area contributed by atoms with E-state index in [-0.39, 0.29) is 32.4 Å². The van der Waals surface area contributed by atoms with Crippen LogP contribution in [-0.2, 0) is 46.4 Å². The van der Waals surface area contributed by atoms with Crippen molar-refractivity contribution in [2.24, 2.45) is 23.3 Å². The molecule has 1 saturated heterocycles. The molecule has 2 aromatic rings. The molecule has 1 fully saturated rings. The Balaban J connectivity index is 1.80. The largest absolute Gasteiger partial charge is 0.480 e. The van der Waals surface area contributed by atoms with E-state index in [9.17, 15) is 38.7 Å². The van der Waals surface area contributed by atoms with Crippen LogP contribution < -0.4 is 38.1 Å². The number of aliphatic carboxylic acids is 1. The standard InChI is InChI=1S/C38H58N10O8/c1-22(2)31(36(53)45-27(17-24-11-6-5-7-12-24)34(51)47-32(23(3)4)38(55)56)46-35(52)29-14-10-16-48(29)37(54)26(13-8-9-15-39)44-33(50)28(43-30(49)19-40)18-25-20-41-21-42-25/h5-7,11-12,20-23,26-29,31-32H,8-10,13-19,39-40H2,1-4H3,(H,41,42)(H,43,49)(H,44,50)(H,45,53)(H,46,52)(H,47,51)(H,55,56)/t26-,27-,28-,29-,31-,32-/m0/s1. The van der Waals surface area contributed by atoms with Gasteiger partial charge in [0.25, 0.3) is 0 Å². The van der Waals surface area contributed by atoms with Crippen LogP contribution in [0, 0.1) is 11.8 Å². The third-order valence-corrected chi connectivity index (χ3v) is 9.61. The van der Waals surface area contributed by atoms with Crippen LogP contribution in [0.2, 0.25) is 0 Å². The van der Waals surface area contributed by atoms with Gasteiger partial charge in [-0.3, -0.25) is 28.8 Å². The van der Waals surface area contributed by atoms with E-state index in [0.29, 0.717) is 37.9 Å². The fraction of sp³-hybridized carbons (Fsp3) is 0.579. The molecule has 11 N–H and O–H groups in total. The summed E-state index contributed by atoms with van der Waals surface area (Å²) in [5, 5.41) is 23.1. The molecule has 1 aliphatic heterocycles. The highest BCUT2D eigenvalue weighted by molar-refractivity contribution is 5.97. The van der Waals surface area contributed by atoms with Gasteiger partial charge >= 0.3 is 5.97 Å². The number of likely N-dealkylation sites (tertiary alicyclic amines) is 1. The smallest absolute Gasteiger partial charge is 0.326 e. The molecule has 56 heavy (non-hydrogen) atoms. The van der Waals surface area contributed by atoms with Gasteiger partial charge in [0, 0.05) is 31.3 Å². The molecule has 3 rings (SSSR count). The number of carboxylic acids is 1. The van der Waals surface area contributed by atoms with Crippen LogP contribution in [-0.4, -0.2) is 117 Å². The summed E-state index contributed by atoms with van der Waals surface area (Å²) in [7, 11) is 0. The number of carbonyl (C=O) groups excluding carboxylic acids is 6. The van der Waals surface area contributed by atoms with Crippen molar-refractivity contribution in [2.75, 3.05) is 19.6 Å². The minimum Gasteiger partial charge on any atom is -0.480 e. The summed E-state index contributed by atoms with van der Waals surface area (Å²) in [6.45, 7) is 6.99. The molecule has 308 valence electrons. The van der Waals surface area contributed by atoms with Crippen molar-refractivity contribution in [1.29, 1.82) is 0 Å². The van der Waals surface area contributed by atoms with Crippen molar-refractivity contribution in [3.63, 3.8) is 0 Å². The summed E-state index contributed by atoms with van der Waals surface area (Å²) in [5.74, 6) is -5.72. The first-order valence-electron chi connectivity index (χ1n) is 19.1. The van der Waals surface area contributed by atoms with Crippen LogP contribution in [0.25, 0.3) is 0 Å². The zero-order chi connectivity index (χ0) is 41.4. The Bertz CT molecular complexity index is 1620. The zero-order valence-corrected chi connectivity index (χ0v) is 32.6. The third-order valence-electron chi connectivity index (χ3n) is 9.61. The van der Waals surface area contributed by atoms with Gasteiger partial charge in [0.1, 0.15) is 36.3 Å². The number of carboxylic acid groups (broad SMARTS) is 1. The van der Waals surface area contributed by atoms with Crippen molar-refractivity contribution in [3.8, 4) is 0 Å². The normalized spacial score (nSPS) is 16.6. The maximum absolute atomic E-state index is 14.2. The molecular formula is C38H58N10O8. The summed E-state index contributed by atoms with van der Waals surface area (Å²) < 4.78 is 0. The average molecular weight is 783 g/mol. The molecule has 0 unspecified atom stereocenters. The molecule has 18 heteroatoms. The van der Waals surface area contributed by atoms with E-state index in [1.54, 1.807) is 58.0 Å². The molecule has 0 bridgehead atoms. The van der Waals surface area contributed by atoms with Crippen molar-refractivity contribution in [2.45, 2.75) is 109 Å². The molecule has 0 spiro atoms. The molecule has 2 heterocycles. The van der Waals surface area contributed by atoms with E-state index in [0.717, 1.165) is 5.56 Å². The number of carbonyl (C=O) groups is 7. The summed E-state index contributed by atoms with van der Waals surface area (Å²) >= 11 is 0. The topological polar surface area (TPSA) is 284 Å². The van der Waals surface area contributed by atoms with E-state index < -0.39 is 89.5 Å². The van der Waals surface area contributed by atoms with Crippen molar-refractivity contribution in [3.05, 3.63) is 54.1 Å². The lowest BCUT2D eigenvalue weighted by atomic mass is 9.99. The number of unbranched alkanes of at least 4 members (excludes halogenated alkanes) is 1. The van der Waals surface area contributed by atoms with Gasteiger partial charge in [-0.2, -0.15) is 0 Å². The summed E-state index contributed by atoms with van der Waals surface area (Å²) in [5.41, 5.74) is 12.5. The monoisotopic (exact) mass is 782 g/mol. The maximum Gasteiger partial charge on any atom is 0.326 e. The second-order valence-corrected chi connectivity index (χ2v) is 14.7. The minimum absolute atomic E-state index is 0.0560. The number of hydrogen-bond donors (Lipinski definition) is 9. The van der Waals surface area contributed by atoms with E-state index in [2.05, 4.69) is 36.6 Å². The number of hydrogen-bond acceptors (Lipinski definition) is 10. The van der Waals surface area contributed by atoms with Crippen LogP contribution in [0.15, 0.2) is 42.9 Å². The van der Waals surface area contributed by atoms with Gasteiger partial charge in [0.05, 0.1) is 12.9 Å². The number of nitrogens with two attached hydrogens (primary N) is 2. The molecule has 6 amide bonds. The van der Waals surface area contributed by atoms with E-state index >= 15 is 0 Å². The summed E-state index contributed by atoms with van der Waals surface area (Å²) in [6, 6.07) is 2.33. The quantitative estimate of drug-likeness (QED) is 0.0660. The molecule has 6 atom stereocenters. The van der Waals surface area contributed by atoms with Gasteiger partial charge < -0.3 is 53.0 Å². The first-order chi connectivity index (χ1) is 26.7. The molecule has 1 aromatic heterocycles. The Kier molecular flexibility index (Phi) is 17.9. The number of nitrogens with one attached hydrogen (secondary N) is 6. The van der Waals surface area contributed by atoms with Crippen LogP contribution in [0.1, 0.15) is 71.1 Å². The molecule has 0 radical (unpaired) electrons. The number of amides is 6. The van der Waals surface area contributed by atoms with Crippen molar-refractivity contribution in [1.82, 2.24) is 41.5 Å². The fourth-order valence-electron chi connectivity index (χ4n) is 6.48. The zero-order valence-electron chi connectivity index (χ0n) is 32.6. The lowest BCUT2D eigenvalue weighted by Gasteiger charge is -2.31. The first kappa shape index (κ1) is 45.0. The highest BCUT2D eigenvalue weighted by Crippen LogP contribution is 2.21. The van der Waals surface area contributed by atoms with Crippen molar-refractivity contribution < 1.29 is 38.7 Å². The highest BCUT2D eigenvalue weighted by Gasteiger charge is 2.40. The minimum atomic E-state index is -1.21. The maximum atomic E-state index is 14.2. The Morgan fingerprint density at radius 2 is 1.46 bits per heavy atom. The van der Waals surface area contributed by atoms with Gasteiger partial charge in [0.15, 0.2) is 0 Å². The first-order valence-corrected chi connectivity index (χ1v) is 19.1. The predicted molar refractivity (Wildman–Crippen MR) is 206 cm³/mol. The number of benzene rings is 1. The predicted octanol–water partition coefficient (Wildman–Crippen LogP) is -0.906. The number of imidazole rings is 1. The van der Waals surface area contributed by atoms with E-state index in [4.69, 9.17) is 11.5 Å². The molecule has 1 aromatic carbocycles. The molecular weight excluding hydrogens is 724 g/mol. The average Bonchev–Trinajstić information content (AvgIpc) is 3.87. The molecule has 1 aliphatic rings. The van der Waals surface area contributed by atoms with Gasteiger partial charge in [-0.1, -0.05) is 58.0 Å². The summed E-state index contributed by atoms with van der Waals surface area (Å²) in [6.07, 6.45) is 5.14. The van der Waals surface area contributed by atoms with Gasteiger partial charge in [0.2, 0.25) is 35.4 Å². The Labute approximate surface area is 327 Å². The van der Waals surface area contributed by atoms with Crippen LogP contribution in [0.3, 0.4) is 0 Å². The fourth-order valence-corrected chi connectivity index (χ4v) is 6.48. The van der Waals surface area contributed by atoms with Gasteiger partial charge in [-0.15, -0.1) is 0 Å². The Morgan fingerprint density at radius 1 is 0.821 bits per heavy atom. The highest BCUT2D eigenvalue weighted by atomic mass is 16.4. The lowest BCUT2D eigenvalue weighted by Crippen LogP contribution is -2.60. The Morgan fingerprint density at radius 3 is 2.05 bits per heavy atom. The number of aromatic amines is 1. The van der Waals surface area contributed by atoms with Crippen LogP contribution in [0.5, 0.6) is 0 Å². The van der Waals surface area contributed by atoms with Crippen molar-refractivity contribution >= 4 is 41.4 Å². The van der Waals surface area contributed by atoms with E-state index in [1.165, 1.54) is 17.4 Å². The van der Waals surface area contributed by atoms with E-state index in [1.807, 2.05) is 0 Å². The molecule has 18 nitrogen and oxygen atoms in total. The van der Waals surface area contributed by atoms with Crippen LogP contribution in [0.4, 0.5) is 0 Å². The third kappa shape index (κ3) is 13.4. The second-order valence-electron chi connectivity index (χ2n) is 14.7. The molecule has 0 saturated carbocycles. The SMILES string of the molecule is CC(C)[C@H](NC(=O)[C@H](Cc1ccccc1)NC(=O)[C@@H](NC(=O)[C@@H]1CCCN1C(=O)[C@H](CCCCN)NC(=O)[C@H](Cc1cnc[nH]1)NC(=O)CN)C(C)C)C(=O)O. The second kappa shape index (κ2) is 22.3. The number of H-pyrrole nitrogens is 1. The Hall–Kier alpha value is -5.36. The number of nitrogens with zero attached hydrogens (tertiary/aromatic N) is 2.